The van der Waals surface area contributed by atoms with Gasteiger partial charge in [0.05, 0.1) is 0 Å². The summed E-state index contributed by atoms with van der Waals surface area (Å²) in [6.45, 7) is 3.22. The highest BCUT2D eigenvalue weighted by molar-refractivity contribution is 7.10. The van der Waals surface area contributed by atoms with Crippen molar-refractivity contribution < 1.29 is 5.11 Å². The molecule has 0 spiro atoms. The van der Waals surface area contributed by atoms with E-state index in [0.29, 0.717) is 5.92 Å². The summed E-state index contributed by atoms with van der Waals surface area (Å²) in [7, 11) is 4.19. The minimum atomic E-state index is -0.849. The molecular formula is C19H25NOS. The fraction of sp³-hybridized carbons (Fsp3) is 0.474. The second-order valence-corrected chi connectivity index (χ2v) is 7.85. The zero-order valence-electron chi connectivity index (χ0n) is 13.7. The lowest BCUT2D eigenvalue weighted by molar-refractivity contribution is 0.0505. The van der Waals surface area contributed by atoms with Gasteiger partial charge >= 0.3 is 0 Å². The van der Waals surface area contributed by atoms with Crippen LogP contribution in [-0.2, 0) is 18.4 Å². The molecule has 22 heavy (non-hydrogen) atoms. The number of aliphatic hydroxyl groups is 1. The molecule has 0 saturated carbocycles. The molecular weight excluding hydrogens is 290 g/mol. The minimum absolute atomic E-state index is 0.430. The molecule has 1 aromatic carbocycles. The van der Waals surface area contributed by atoms with Gasteiger partial charge in [0.1, 0.15) is 5.60 Å². The van der Waals surface area contributed by atoms with E-state index in [0.717, 1.165) is 36.9 Å². The quantitative estimate of drug-likeness (QED) is 0.930. The van der Waals surface area contributed by atoms with Crippen LogP contribution in [0.25, 0.3) is 0 Å². The Morgan fingerprint density at radius 1 is 1.18 bits per heavy atom. The number of benzene rings is 1. The first-order valence-electron chi connectivity index (χ1n) is 8.03. The number of hydrogen-bond donors (Lipinski definition) is 1. The van der Waals surface area contributed by atoms with Crippen molar-refractivity contribution in [3.63, 3.8) is 0 Å². The molecule has 1 N–H and O–H groups in total. The SMILES string of the molecule is CC(CN(C)C)CC1(O)c2ccccc2CCc2sccc21. The first-order valence-corrected chi connectivity index (χ1v) is 8.91. The number of rotatable bonds is 4. The van der Waals surface area contributed by atoms with Crippen molar-refractivity contribution in [3.8, 4) is 0 Å². The van der Waals surface area contributed by atoms with Gasteiger partial charge in [-0.3, -0.25) is 0 Å². The fourth-order valence-corrected chi connectivity index (χ4v) is 4.80. The van der Waals surface area contributed by atoms with Crippen LogP contribution in [0.3, 0.4) is 0 Å². The smallest absolute Gasteiger partial charge is 0.116 e. The molecule has 0 fully saturated rings. The molecule has 0 radical (unpaired) electrons. The molecule has 1 aliphatic carbocycles. The molecule has 2 atom stereocenters. The topological polar surface area (TPSA) is 23.5 Å². The molecule has 1 aromatic heterocycles. The van der Waals surface area contributed by atoms with Gasteiger partial charge < -0.3 is 10.0 Å². The van der Waals surface area contributed by atoms with E-state index in [1.165, 1.54) is 10.4 Å². The van der Waals surface area contributed by atoms with Gasteiger partial charge in [-0.2, -0.15) is 0 Å². The number of aryl methyl sites for hydroxylation is 2. The van der Waals surface area contributed by atoms with Gasteiger partial charge in [0.2, 0.25) is 0 Å². The van der Waals surface area contributed by atoms with E-state index in [4.69, 9.17) is 0 Å². The Labute approximate surface area is 137 Å². The maximum atomic E-state index is 11.7. The van der Waals surface area contributed by atoms with E-state index in [1.54, 1.807) is 11.3 Å². The van der Waals surface area contributed by atoms with Gasteiger partial charge in [0, 0.05) is 17.0 Å². The third kappa shape index (κ3) is 2.85. The second kappa shape index (κ2) is 6.15. The summed E-state index contributed by atoms with van der Waals surface area (Å²) in [5.74, 6) is 0.430. The first-order chi connectivity index (χ1) is 10.5. The lowest BCUT2D eigenvalue weighted by atomic mass is 9.79. The molecule has 3 rings (SSSR count). The van der Waals surface area contributed by atoms with Crippen LogP contribution in [0, 0.1) is 5.92 Å². The van der Waals surface area contributed by atoms with Crippen molar-refractivity contribution in [2.24, 2.45) is 5.92 Å². The number of hydrogen-bond acceptors (Lipinski definition) is 3. The maximum Gasteiger partial charge on any atom is 0.116 e. The number of fused-ring (bicyclic) bond motifs is 2. The summed E-state index contributed by atoms with van der Waals surface area (Å²) in [4.78, 5) is 3.54. The van der Waals surface area contributed by atoms with Crippen LogP contribution < -0.4 is 0 Å². The van der Waals surface area contributed by atoms with E-state index < -0.39 is 5.60 Å². The van der Waals surface area contributed by atoms with Gasteiger partial charge in [0.25, 0.3) is 0 Å². The largest absolute Gasteiger partial charge is 0.380 e. The van der Waals surface area contributed by atoms with Crippen molar-refractivity contribution in [1.82, 2.24) is 4.90 Å². The van der Waals surface area contributed by atoms with Gasteiger partial charge in [-0.15, -0.1) is 11.3 Å². The lowest BCUT2D eigenvalue weighted by Crippen LogP contribution is -2.33. The highest BCUT2D eigenvalue weighted by atomic mass is 32.1. The Bertz CT molecular complexity index is 648. The molecule has 0 saturated heterocycles. The molecule has 0 aliphatic heterocycles. The van der Waals surface area contributed by atoms with E-state index in [9.17, 15) is 5.11 Å². The van der Waals surface area contributed by atoms with Crippen LogP contribution in [0.1, 0.15) is 34.9 Å². The summed E-state index contributed by atoms with van der Waals surface area (Å²) in [6, 6.07) is 10.6. The molecule has 0 amide bonds. The first kappa shape index (κ1) is 15.7. The standard InChI is InChI=1S/C19H25NOS/c1-14(13-20(2)3)12-19(21)16-7-5-4-6-15(16)8-9-18-17(19)10-11-22-18/h4-7,10-11,14,21H,8-9,12-13H2,1-3H3. The number of nitrogens with zero attached hydrogens (tertiary/aromatic N) is 1. The van der Waals surface area contributed by atoms with Crippen LogP contribution in [0.2, 0.25) is 0 Å². The van der Waals surface area contributed by atoms with Gasteiger partial charge in [-0.25, -0.2) is 0 Å². The molecule has 118 valence electrons. The van der Waals surface area contributed by atoms with Crippen molar-refractivity contribution >= 4 is 11.3 Å². The zero-order chi connectivity index (χ0) is 15.7. The maximum absolute atomic E-state index is 11.7. The second-order valence-electron chi connectivity index (χ2n) is 6.85. The molecule has 3 heteroatoms. The van der Waals surface area contributed by atoms with E-state index in [-0.39, 0.29) is 0 Å². The zero-order valence-corrected chi connectivity index (χ0v) is 14.5. The predicted molar refractivity (Wildman–Crippen MR) is 93.5 cm³/mol. The van der Waals surface area contributed by atoms with Crippen molar-refractivity contribution in [1.29, 1.82) is 0 Å². The molecule has 2 aromatic rings. The Hall–Kier alpha value is -1.16. The molecule has 1 aliphatic rings. The van der Waals surface area contributed by atoms with Crippen LogP contribution in [-0.4, -0.2) is 30.6 Å². The third-order valence-corrected chi connectivity index (χ3v) is 5.58. The highest BCUT2D eigenvalue weighted by Crippen LogP contribution is 2.43. The summed E-state index contributed by atoms with van der Waals surface area (Å²) in [5.41, 5.74) is 2.69. The van der Waals surface area contributed by atoms with Crippen molar-refractivity contribution in [2.45, 2.75) is 31.8 Å². The van der Waals surface area contributed by atoms with Gasteiger partial charge in [-0.1, -0.05) is 31.2 Å². The normalized spacial score (nSPS) is 22.0. The summed E-state index contributed by atoms with van der Waals surface area (Å²) in [5, 5.41) is 13.8. The number of thiophene rings is 1. The van der Waals surface area contributed by atoms with E-state index in [1.807, 2.05) is 0 Å². The predicted octanol–water partition coefficient (Wildman–Crippen LogP) is 3.67. The Balaban J connectivity index is 2.05. The Kier molecular flexibility index (Phi) is 4.40. The van der Waals surface area contributed by atoms with Crippen LogP contribution in [0.5, 0.6) is 0 Å². The van der Waals surface area contributed by atoms with Crippen molar-refractivity contribution in [2.75, 3.05) is 20.6 Å². The van der Waals surface area contributed by atoms with E-state index in [2.05, 4.69) is 61.6 Å². The Morgan fingerprint density at radius 2 is 1.95 bits per heavy atom. The third-order valence-electron chi connectivity index (χ3n) is 4.60. The summed E-state index contributed by atoms with van der Waals surface area (Å²) in [6.07, 6.45) is 2.83. The molecule has 2 unspecified atom stereocenters. The van der Waals surface area contributed by atoms with Crippen LogP contribution >= 0.6 is 11.3 Å². The summed E-state index contributed by atoms with van der Waals surface area (Å²) < 4.78 is 0. The van der Waals surface area contributed by atoms with Crippen LogP contribution in [0.15, 0.2) is 35.7 Å². The van der Waals surface area contributed by atoms with Gasteiger partial charge in [-0.05, 0) is 61.8 Å². The highest BCUT2D eigenvalue weighted by Gasteiger charge is 2.38. The fourth-order valence-electron chi connectivity index (χ4n) is 3.85. The summed E-state index contributed by atoms with van der Waals surface area (Å²) >= 11 is 1.78. The minimum Gasteiger partial charge on any atom is -0.380 e. The molecule has 0 bridgehead atoms. The van der Waals surface area contributed by atoms with Crippen LogP contribution in [0.4, 0.5) is 0 Å². The monoisotopic (exact) mass is 315 g/mol. The van der Waals surface area contributed by atoms with Crippen molar-refractivity contribution in [3.05, 3.63) is 57.3 Å². The average Bonchev–Trinajstić information content (AvgIpc) is 2.89. The lowest BCUT2D eigenvalue weighted by Gasteiger charge is -2.33. The van der Waals surface area contributed by atoms with E-state index >= 15 is 0 Å². The molecule has 1 heterocycles. The average molecular weight is 315 g/mol. The van der Waals surface area contributed by atoms with Gasteiger partial charge in [0.15, 0.2) is 0 Å². The molecule has 2 nitrogen and oxygen atoms in total. The Morgan fingerprint density at radius 3 is 2.73 bits per heavy atom.